The van der Waals surface area contributed by atoms with Crippen LogP contribution in [0.15, 0.2) is 58.7 Å². The number of nitro benzene ring substituents is 1. The number of carbonyl (C=O) groups is 3. The van der Waals surface area contributed by atoms with E-state index in [1.165, 1.54) is 42.5 Å². The van der Waals surface area contributed by atoms with Crippen molar-refractivity contribution in [3.05, 3.63) is 79.9 Å². The number of rotatable bonds is 8. The number of carboxylic acid groups (broad SMARTS) is 1. The third-order valence-electron chi connectivity index (χ3n) is 4.21. The van der Waals surface area contributed by atoms with Crippen LogP contribution in [0.25, 0.3) is 6.08 Å². The predicted octanol–water partition coefficient (Wildman–Crippen LogP) is 3.35. The van der Waals surface area contributed by atoms with Gasteiger partial charge in [0.2, 0.25) is 0 Å². The van der Waals surface area contributed by atoms with Gasteiger partial charge in [-0.2, -0.15) is 0 Å². The minimum Gasteiger partial charge on any atom is -0.480 e. The highest BCUT2D eigenvalue weighted by molar-refractivity contribution is 9.10. The number of hydrogen-bond donors (Lipinski definition) is 3. The van der Waals surface area contributed by atoms with Gasteiger partial charge in [0, 0.05) is 22.2 Å². The van der Waals surface area contributed by atoms with Gasteiger partial charge in [0.05, 0.1) is 4.92 Å². The topological polar surface area (TPSA) is 139 Å². The van der Waals surface area contributed by atoms with Crippen molar-refractivity contribution in [2.45, 2.75) is 19.9 Å². The third-order valence-corrected chi connectivity index (χ3v) is 4.74. The van der Waals surface area contributed by atoms with Gasteiger partial charge in [-0.15, -0.1) is 0 Å². The van der Waals surface area contributed by atoms with Crippen molar-refractivity contribution in [3.8, 4) is 0 Å². The number of nitrogens with one attached hydrogen (secondary N) is 2. The van der Waals surface area contributed by atoms with Crippen LogP contribution in [-0.2, 0) is 9.59 Å². The third kappa shape index (κ3) is 6.75. The number of nitrogens with zero attached hydrogens (tertiary/aromatic N) is 1. The van der Waals surface area contributed by atoms with Crippen LogP contribution in [0, 0.1) is 16.0 Å². The molecule has 10 heteroatoms. The van der Waals surface area contributed by atoms with E-state index < -0.39 is 34.7 Å². The van der Waals surface area contributed by atoms with Gasteiger partial charge < -0.3 is 15.7 Å². The number of nitro groups is 1. The smallest absolute Gasteiger partial charge is 0.326 e. The van der Waals surface area contributed by atoms with Gasteiger partial charge in [-0.1, -0.05) is 41.9 Å². The molecule has 1 atom stereocenters. The highest BCUT2D eigenvalue weighted by Gasteiger charge is 2.26. The Morgan fingerprint density at radius 1 is 1.13 bits per heavy atom. The highest BCUT2D eigenvalue weighted by Crippen LogP contribution is 2.16. The number of benzene rings is 2. The molecule has 2 aromatic rings. The molecule has 2 rings (SSSR count). The molecule has 162 valence electrons. The van der Waals surface area contributed by atoms with E-state index in [4.69, 9.17) is 0 Å². The largest absolute Gasteiger partial charge is 0.480 e. The maximum atomic E-state index is 12.8. The van der Waals surface area contributed by atoms with E-state index in [9.17, 15) is 29.6 Å². The van der Waals surface area contributed by atoms with Crippen molar-refractivity contribution in [2.75, 3.05) is 0 Å². The van der Waals surface area contributed by atoms with Gasteiger partial charge in [-0.3, -0.25) is 19.7 Å². The van der Waals surface area contributed by atoms with Crippen molar-refractivity contribution in [1.29, 1.82) is 0 Å². The molecule has 31 heavy (non-hydrogen) atoms. The lowest BCUT2D eigenvalue weighted by Gasteiger charge is -2.19. The Morgan fingerprint density at radius 2 is 1.77 bits per heavy atom. The van der Waals surface area contributed by atoms with Gasteiger partial charge in [0.15, 0.2) is 0 Å². The molecule has 0 saturated carbocycles. The second-order valence-corrected chi connectivity index (χ2v) is 7.82. The Kier molecular flexibility index (Phi) is 8.03. The van der Waals surface area contributed by atoms with Gasteiger partial charge in [-0.05, 0) is 41.8 Å². The lowest BCUT2D eigenvalue weighted by molar-refractivity contribution is -0.384. The Morgan fingerprint density at radius 3 is 2.32 bits per heavy atom. The fourth-order valence-corrected chi connectivity index (χ4v) is 2.85. The summed E-state index contributed by atoms with van der Waals surface area (Å²) in [5.74, 6) is -3.08. The highest BCUT2D eigenvalue weighted by atomic mass is 79.9. The number of halogens is 1. The molecule has 2 aromatic carbocycles. The molecule has 0 fully saturated rings. The summed E-state index contributed by atoms with van der Waals surface area (Å²) in [5.41, 5.74) is 0.102. The first-order valence-electron chi connectivity index (χ1n) is 9.15. The standard InChI is InChI=1S/C21H20BrN3O6/c1-12(2)18(21(28)29)24-20(27)17(11-13-4-3-5-16(10-13)25(30)31)23-19(26)14-6-8-15(22)9-7-14/h3-12,18H,1-2H3,(H,23,26)(H,24,27)(H,28,29)/b17-11+. The monoisotopic (exact) mass is 489 g/mol. The average Bonchev–Trinajstić information content (AvgIpc) is 2.71. The summed E-state index contributed by atoms with van der Waals surface area (Å²) < 4.78 is 0.760. The SMILES string of the molecule is CC(C)C(NC(=O)/C(=C\c1cccc([N+](=O)[O-])c1)NC(=O)c1ccc(Br)cc1)C(=O)O. The van der Waals surface area contributed by atoms with Crippen LogP contribution >= 0.6 is 15.9 Å². The Labute approximate surface area is 186 Å². The predicted molar refractivity (Wildman–Crippen MR) is 117 cm³/mol. The summed E-state index contributed by atoms with van der Waals surface area (Å²) in [6.45, 7) is 3.26. The zero-order chi connectivity index (χ0) is 23.1. The minimum absolute atomic E-state index is 0.196. The molecular formula is C21H20BrN3O6. The van der Waals surface area contributed by atoms with E-state index in [0.717, 1.165) is 4.47 Å². The number of non-ortho nitro benzene ring substituents is 1. The van der Waals surface area contributed by atoms with Crippen molar-refractivity contribution < 1.29 is 24.4 Å². The van der Waals surface area contributed by atoms with E-state index in [0.29, 0.717) is 0 Å². The minimum atomic E-state index is -1.22. The average molecular weight is 490 g/mol. The molecule has 0 bridgehead atoms. The fourth-order valence-electron chi connectivity index (χ4n) is 2.58. The number of amides is 2. The summed E-state index contributed by atoms with van der Waals surface area (Å²) in [6, 6.07) is 10.7. The van der Waals surface area contributed by atoms with E-state index in [-0.39, 0.29) is 22.5 Å². The quantitative estimate of drug-likeness (QED) is 0.295. The van der Waals surface area contributed by atoms with Crippen molar-refractivity contribution in [2.24, 2.45) is 5.92 Å². The summed E-state index contributed by atoms with van der Waals surface area (Å²) in [5, 5.41) is 25.2. The molecule has 0 radical (unpaired) electrons. The summed E-state index contributed by atoms with van der Waals surface area (Å²) in [6.07, 6.45) is 1.25. The molecule has 1 unspecified atom stereocenters. The first kappa shape index (κ1) is 23.7. The first-order chi connectivity index (χ1) is 14.6. The van der Waals surface area contributed by atoms with Crippen LogP contribution in [0.2, 0.25) is 0 Å². The number of carboxylic acids is 1. The van der Waals surface area contributed by atoms with E-state index in [1.54, 1.807) is 26.0 Å². The second kappa shape index (κ2) is 10.5. The van der Waals surface area contributed by atoms with Crippen LogP contribution in [0.3, 0.4) is 0 Å². The number of hydrogen-bond acceptors (Lipinski definition) is 5. The maximum Gasteiger partial charge on any atom is 0.326 e. The number of carbonyl (C=O) groups excluding carboxylic acids is 2. The van der Waals surface area contributed by atoms with Crippen LogP contribution in [0.1, 0.15) is 29.8 Å². The Hall–Kier alpha value is -3.53. The lowest BCUT2D eigenvalue weighted by Crippen LogP contribution is -2.47. The molecule has 2 amide bonds. The molecule has 0 aliphatic rings. The Bertz CT molecular complexity index is 1030. The lowest BCUT2D eigenvalue weighted by atomic mass is 10.0. The second-order valence-electron chi connectivity index (χ2n) is 6.90. The van der Waals surface area contributed by atoms with Gasteiger partial charge in [0.25, 0.3) is 17.5 Å². The summed E-state index contributed by atoms with van der Waals surface area (Å²) >= 11 is 3.27. The molecule has 0 aromatic heterocycles. The summed E-state index contributed by atoms with van der Waals surface area (Å²) in [4.78, 5) is 47.3. The molecule has 0 aliphatic carbocycles. The van der Waals surface area contributed by atoms with Crippen LogP contribution in [-0.4, -0.2) is 33.9 Å². The maximum absolute atomic E-state index is 12.8. The molecule has 3 N–H and O–H groups in total. The van der Waals surface area contributed by atoms with E-state index in [1.807, 2.05) is 0 Å². The van der Waals surface area contributed by atoms with Crippen LogP contribution < -0.4 is 10.6 Å². The van der Waals surface area contributed by atoms with Crippen molar-refractivity contribution >= 4 is 45.5 Å². The molecule has 0 heterocycles. The van der Waals surface area contributed by atoms with Gasteiger partial charge in [0.1, 0.15) is 11.7 Å². The molecule has 0 spiro atoms. The van der Waals surface area contributed by atoms with E-state index in [2.05, 4.69) is 26.6 Å². The summed E-state index contributed by atoms with van der Waals surface area (Å²) in [7, 11) is 0. The molecule has 0 aliphatic heterocycles. The fraction of sp³-hybridized carbons (Fsp3) is 0.190. The van der Waals surface area contributed by atoms with Gasteiger partial charge in [-0.25, -0.2) is 4.79 Å². The van der Waals surface area contributed by atoms with Gasteiger partial charge >= 0.3 is 5.97 Å². The van der Waals surface area contributed by atoms with Crippen LogP contribution in [0.4, 0.5) is 5.69 Å². The normalized spacial score (nSPS) is 12.2. The van der Waals surface area contributed by atoms with Crippen LogP contribution in [0.5, 0.6) is 0 Å². The van der Waals surface area contributed by atoms with Crippen molar-refractivity contribution in [1.82, 2.24) is 10.6 Å². The first-order valence-corrected chi connectivity index (χ1v) is 9.94. The molecule has 9 nitrogen and oxygen atoms in total. The zero-order valence-electron chi connectivity index (χ0n) is 16.7. The number of aliphatic carboxylic acids is 1. The van der Waals surface area contributed by atoms with Crippen molar-refractivity contribution in [3.63, 3.8) is 0 Å². The molecule has 0 saturated heterocycles. The van der Waals surface area contributed by atoms with E-state index >= 15 is 0 Å². The zero-order valence-corrected chi connectivity index (χ0v) is 18.3. The molecular weight excluding hydrogens is 470 g/mol. The Balaban J connectivity index is 2.40.